The zero-order valence-corrected chi connectivity index (χ0v) is 8.42. The minimum Gasteiger partial charge on any atom is -0.402 e. The van der Waals surface area contributed by atoms with Crippen LogP contribution in [0.2, 0.25) is 0 Å². The molecule has 0 spiro atoms. The van der Waals surface area contributed by atoms with Crippen molar-refractivity contribution in [3.05, 3.63) is 11.8 Å². The van der Waals surface area contributed by atoms with Crippen LogP contribution in [0.5, 0.6) is 0 Å². The van der Waals surface area contributed by atoms with E-state index >= 15 is 0 Å². The highest BCUT2D eigenvalue weighted by molar-refractivity contribution is 5.93. The summed E-state index contributed by atoms with van der Waals surface area (Å²) in [5, 5.41) is 0. The van der Waals surface area contributed by atoms with Gasteiger partial charge in [-0.1, -0.05) is 0 Å². The van der Waals surface area contributed by atoms with E-state index in [-0.39, 0.29) is 0 Å². The first kappa shape index (κ1) is 10.3. The van der Waals surface area contributed by atoms with Crippen LogP contribution in [-0.4, -0.2) is 25.0 Å². The lowest BCUT2D eigenvalue weighted by molar-refractivity contribution is 0.0871. The van der Waals surface area contributed by atoms with Gasteiger partial charge in [-0.05, 0) is 32.8 Å². The maximum atomic E-state index is 5.55. The van der Waals surface area contributed by atoms with Crippen LogP contribution in [0, 0.1) is 0 Å². The molecule has 1 aliphatic heterocycles. The first-order valence-corrected chi connectivity index (χ1v) is 4.74. The number of nitrogens with zero attached hydrogens (tertiary/aromatic N) is 1. The molecule has 3 heteroatoms. The highest BCUT2D eigenvalue weighted by Gasteiger charge is 2.11. The van der Waals surface area contributed by atoms with Crippen molar-refractivity contribution in [1.82, 2.24) is 0 Å². The van der Waals surface area contributed by atoms with Gasteiger partial charge in [-0.15, -0.1) is 0 Å². The molecule has 1 heterocycles. The summed E-state index contributed by atoms with van der Waals surface area (Å²) in [6.45, 7) is 5.55. The summed E-state index contributed by atoms with van der Waals surface area (Å²) < 4.78 is 5.25. The predicted octanol–water partition coefficient (Wildman–Crippen LogP) is 1.49. The number of rotatable bonds is 2. The van der Waals surface area contributed by atoms with Gasteiger partial charge in [0.1, 0.15) is 0 Å². The van der Waals surface area contributed by atoms with E-state index in [9.17, 15) is 0 Å². The Bertz CT molecular complexity index is 211. The Kier molecular flexibility index (Phi) is 3.96. The van der Waals surface area contributed by atoms with Crippen molar-refractivity contribution >= 4 is 5.71 Å². The largest absolute Gasteiger partial charge is 0.402 e. The van der Waals surface area contributed by atoms with Gasteiger partial charge in [-0.2, -0.15) is 0 Å². The summed E-state index contributed by atoms with van der Waals surface area (Å²) in [5.41, 5.74) is 7.39. The molecule has 0 aromatic heterocycles. The molecular weight excluding hydrogens is 164 g/mol. The molecule has 1 saturated heterocycles. The van der Waals surface area contributed by atoms with Crippen molar-refractivity contribution in [2.75, 3.05) is 13.2 Å². The van der Waals surface area contributed by atoms with Gasteiger partial charge in [0.25, 0.3) is 0 Å². The van der Waals surface area contributed by atoms with Crippen molar-refractivity contribution in [2.24, 2.45) is 10.7 Å². The molecule has 0 saturated carbocycles. The number of allylic oxidation sites excluding steroid dienone is 2. The number of hydrogen-bond acceptors (Lipinski definition) is 3. The van der Waals surface area contributed by atoms with Crippen molar-refractivity contribution in [3.63, 3.8) is 0 Å². The van der Waals surface area contributed by atoms with Gasteiger partial charge in [0.05, 0.1) is 6.04 Å². The van der Waals surface area contributed by atoms with Gasteiger partial charge in [0.15, 0.2) is 0 Å². The molecule has 3 nitrogen and oxygen atoms in total. The molecule has 0 amide bonds. The van der Waals surface area contributed by atoms with Crippen molar-refractivity contribution in [1.29, 1.82) is 0 Å². The molecule has 0 radical (unpaired) electrons. The minimum atomic E-state index is 0.435. The Balaban J connectivity index is 2.48. The molecule has 0 aliphatic carbocycles. The van der Waals surface area contributed by atoms with Crippen LogP contribution >= 0.6 is 0 Å². The molecule has 74 valence electrons. The van der Waals surface area contributed by atoms with E-state index in [1.165, 1.54) is 0 Å². The predicted molar refractivity (Wildman–Crippen MR) is 54.9 cm³/mol. The lowest BCUT2D eigenvalue weighted by Crippen LogP contribution is -2.19. The van der Waals surface area contributed by atoms with Crippen LogP contribution in [0.3, 0.4) is 0 Å². The fraction of sp³-hybridized carbons (Fsp3) is 0.700. The lowest BCUT2D eigenvalue weighted by atomic mass is 10.1. The summed E-state index contributed by atoms with van der Waals surface area (Å²) in [7, 11) is 0. The zero-order valence-electron chi connectivity index (χ0n) is 8.42. The van der Waals surface area contributed by atoms with E-state index in [0.29, 0.717) is 6.04 Å². The maximum absolute atomic E-state index is 5.55. The molecule has 13 heavy (non-hydrogen) atoms. The Labute approximate surface area is 79.7 Å². The smallest absolute Gasteiger partial charge is 0.0546 e. The van der Waals surface area contributed by atoms with Crippen LogP contribution in [0.15, 0.2) is 16.8 Å². The van der Waals surface area contributed by atoms with E-state index < -0.39 is 0 Å². The summed E-state index contributed by atoms with van der Waals surface area (Å²) in [5.74, 6) is 0. The van der Waals surface area contributed by atoms with Crippen LogP contribution < -0.4 is 5.73 Å². The van der Waals surface area contributed by atoms with Gasteiger partial charge in [0.2, 0.25) is 0 Å². The van der Waals surface area contributed by atoms with Crippen LogP contribution in [-0.2, 0) is 4.74 Å². The minimum absolute atomic E-state index is 0.435. The van der Waals surface area contributed by atoms with Crippen molar-refractivity contribution in [2.45, 2.75) is 32.7 Å². The number of aliphatic imine (C=N–C) groups is 1. The maximum Gasteiger partial charge on any atom is 0.0546 e. The van der Waals surface area contributed by atoms with Crippen LogP contribution in [0.4, 0.5) is 0 Å². The normalized spacial score (nSPS) is 22.0. The average molecular weight is 182 g/mol. The van der Waals surface area contributed by atoms with Crippen LogP contribution in [0.1, 0.15) is 26.7 Å². The fourth-order valence-corrected chi connectivity index (χ4v) is 1.47. The molecule has 1 aliphatic rings. The molecule has 0 atom stereocenters. The van der Waals surface area contributed by atoms with Gasteiger partial charge >= 0.3 is 0 Å². The van der Waals surface area contributed by atoms with E-state index in [1.807, 2.05) is 19.9 Å². The Morgan fingerprint density at radius 3 is 2.54 bits per heavy atom. The third-order valence-electron chi connectivity index (χ3n) is 2.01. The molecule has 2 N–H and O–H groups in total. The highest BCUT2D eigenvalue weighted by Crippen LogP contribution is 2.10. The summed E-state index contributed by atoms with van der Waals surface area (Å²) >= 11 is 0. The molecule has 1 fully saturated rings. The molecule has 0 aromatic carbocycles. The standard InChI is InChI=1S/C10H18N2O/c1-8(11)7-9(2)12-10-3-5-13-6-4-10/h7,10H,3-6,11H2,1-2H3. The first-order chi connectivity index (χ1) is 6.18. The van der Waals surface area contributed by atoms with Gasteiger partial charge < -0.3 is 10.5 Å². The molecule has 0 aromatic rings. The Hall–Kier alpha value is -0.830. The van der Waals surface area contributed by atoms with Gasteiger partial charge in [0, 0.05) is 24.6 Å². The van der Waals surface area contributed by atoms with E-state index in [0.717, 1.165) is 37.5 Å². The number of hydrogen-bond donors (Lipinski definition) is 1. The molecule has 1 rings (SSSR count). The number of ether oxygens (including phenoxy) is 1. The Morgan fingerprint density at radius 2 is 2.00 bits per heavy atom. The summed E-state index contributed by atoms with van der Waals surface area (Å²) in [4.78, 5) is 4.56. The van der Waals surface area contributed by atoms with Gasteiger partial charge in [-0.3, -0.25) is 4.99 Å². The van der Waals surface area contributed by atoms with Gasteiger partial charge in [-0.25, -0.2) is 0 Å². The van der Waals surface area contributed by atoms with Crippen molar-refractivity contribution < 1.29 is 4.74 Å². The molecule has 0 bridgehead atoms. The molecule has 0 unspecified atom stereocenters. The van der Waals surface area contributed by atoms with Crippen LogP contribution in [0.25, 0.3) is 0 Å². The first-order valence-electron chi connectivity index (χ1n) is 4.74. The second-order valence-electron chi connectivity index (χ2n) is 3.50. The summed E-state index contributed by atoms with van der Waals surface area (Å²) in [6.07, 6.45) is 3.99. The Morgan fingerprint density at radius 1 is 1.38 bits per heavy atom. The van der Waals surface area contributed by atoms with E-state index in [4.69, 9.17) is 10.5 Å². The van der Waals surface area contributed by atoms with Crippen molar-refractivity contribution in [3.8, 4) is 0 Å². The molecular formula is C10H18N2O. The zero-order chi connectivity index (χ0) is 9.68. The summed E-state index contributed by atoms with van der Waals surface area (Å²) in [6, 6.07) is 0.435. The lowest BCUT2D eigenvalue weighted by Gasteiger charge is -2.18. The SMILES string of the molecule is CC(N)=CC(C)=NC1CCOCC1. The second-order valence-corrected chi connectivity index (χ2v) is 3.50. The average Bonchev–Trinajstić information content (AvgIpc) is 2.04. The quantitative estimate of drug-likeness (QED) is 0.658. The topological polar surface area (TPSA) is 47.6 Å². The second kappa shape index (κ2) is 5.02. The van der Waals surface area contributed by atoms with E-state index in [2.05, 4.69) is 4.99 Å². The fourth-order valence-electron chi connectivity index (χ4n) is 1.47. The third-order valence-corrected chi connectivity index (χ3v) is 2.01. The third kappa shape index (κ3) is 4.08. The monoisotopic (exact) mass is 182 g/mol. The highest BCUT2D eigenvalue weighted by atomic mass is 16.5. The van der Waals surface area contributed by atoms with E-state index in [1.54, 1.807) is 0 Å². The number of nitrogens with two attached hydrogens (primary N) is 1.